The van der Waals surface area contributed by atoms with Gasteiger partial charge in [0.25, 0.3) is 0 Å². The van der Waals surface area contributed by atoms with Crippen LogP contribution in [-0.4, -0.2) is 11.6 Å². The summed E-state index contributed by atoms with van der Waals surface area (Å²) in [6.45, 7) is 1.93. The molecular weight excluding hydrogens is 471 g/mol. The molecule has 0 saturated heterocycles. The summed E-state index contributed by atoms with van der Waals surface area (Å²) in [5, 5.41) is 4.32. The van der Waals surface area contributed by atoms with Gasteiger partial charge in [0.05, 0.1) is 5.92 Å². The standard InChI is InChI=1S/C26H19IO2/c1-15-19-11-12-21-20-8-3-2-6-17(20)9-10-22(21)24(19)26(29)23(25(15)28)14-16-5-4-7-18(27)13-16/h2-13,15,23H,14H2,1H3. The van der Waals surface area contributed by atoms with E-state index in [-0.39, 0.29) is 17.5 Å². The van der Waals surface area contributed by atoms with E-state index in [1.165, 1.54) is 0 Å². The third-order valence-corrected chi connectivity index (χ3v) is 6.76. The van der Waals surface area contributed by atoms with Gasteiger partial charge in [0.1, 0.15) is 0 Å². The number of carbonyl (C=O) groups is 2. The Balaban J connectivity index is 1.69. The molecule has 3 heteroatoms. The Morgan fingerprint density at radius 3 is 2.45 bits per heavy atom. The SMILES string of the molecule is CC1C(=O)C(Cc2cccc(I)c2)C(=O)c2c1ccc1c2ccc2ccccc21. The molecule has 4 aromatic carbocycles. The van der Waals surface area contributed by atoms with Crippen LogP contribution in [0.15, 0.2) is 72.8 Å². The average molecular weight is 490 g/mol. The van der Waals surface area contributed by atoms with Crippen LogP contribution in [0.4, 0.5) is 0 Å². The lowest BCUT2D eigenvalue weighted by atomic mass is 9.72. The minimum Gasteiger partial charge on any atom is -0.298 e. The smallest absolute Gasteiger partial charge is 0.174 e. The first-order chi connectivity index (χ1) is 14.0. The maximum atomic E-state index is 13.6. The molecule has 0 bridgehead atoms. The van der Waals surface area contributed by atoms with E-state index in [9.17, 15) is 9.59 Å². The number of rotatable bonds is 2. The highest BCUT2D eigenvalue weighted by Gasteiger charge is 2.39. The number of fused-ring (bicyclic) bond motifs is 5. The zero-order valence-corrected chi connectivity index (χ0v) is 18.1. The normalized spacial score (nSPS) is 19.0. The number of hydrogen-bond acceptors (Lipinski definition) is 2. The Morgan fingerprint density at radius 1 is 0.828 bits per heavy atom. The van der Waals surface area contributed by atoms with Crippen molar-refractivity contribution >= 4 is 55.7 Å². The zero-order chi connectivity index (χ0) is 20.1. The van der Waals surface area contributed by atoms with Gasteiger partial charge < -0.3 is 0 Å². The van der Waals surface area contributed by atoms with Gasteiger partial charge in [-0.2, -0.15) is 0 Å². The van der Waals surface area contributed by atoms with Crippen molar-refractivity contribution < 1.29 is 9.59 Å². The maximum absolute atomic E-state index is 13.6. The predicted molar refractivity (Wildman–Crippen MR) is 126 cm³/mol. The number of benzene rings is 4. The van der Waals surface area contributed by atoms with Crippen molar-refractivity contribution in [2.45, 2.75) is 19.3 Å². The van der Waals surface area contributed by atoms with Crippen LogP contribution in [0.3, 0.4) is 0 Å². The summed E-state index contributed by atoms with van der Waals surface area (Å²) in [4.78, 5) is 26.7. The summed E-state index contributed by atoms with van der Waals surface area (Å²) in [5.74, 6) is -0.900. The minimum absolute atomic E-state index is 0.0292. The van der Waals surface area contributed by atoms with Gasteiger partial charge >= 0.3 is 0 Å². The summed E-state index contributed by atoms with van der Waals surface area (Å²) in [5.41, 5.74) is 2.63. The molecular formula is C26H19IO2. The van der Waals surface area contributed by atoms with Crippen molar-refractivity contribution in [3.63, 3.8) is 0 Å². The Morgan fingerprint density at radius 2 is 1.62 bits per heavy atom. The first-order valence-corrected chi connectivity index (χ1v) is 10.9. The highest BCUT2D eigenvalue weighted by molar-refractivity contribution is 14.1. The molecule has 2 unspecified atom stereocenters. The molecule has 0 fully saturated rings. The Hall–Kier alpha value is -2.53. The van der Waals surface area contributed by atoms with E-state index < -0.39 is 5.92 Å². The fraction of sp³-hybridized carbons (Fsp3) is 0.154. The lowest BCUT2D eigenvalue weighted by Crippen LogP contribution is -2.35. The van der Waals surface area contributed by atoms with Crippen LogP contribution in [0.1, 0.15) is 34.3 Å². The van der Waals surface area contributed by atoms with E-state index in [1.807, 2.05) is 49.4 Å². The van der Waals surface area contributed by atoms with Crippen LogP contribution in [0.5, 0.6) is 0 Å². The molecule has 1 aliphatic carbocycles. The Labute approximate surface area is 183 Å². The van der Waals surface area contributed by atoms with Crippen LogP contribution in [0.2, 0.25) is 0 Å². The molecule has 0 saturated carbocycles. The predicted octanol–water partition coefficient (Wildman–Crippen LogP) is 6.33. The van der Waals surface area contributed by atoms with Crippen LogP contribution in [-0.2, 0) is 11.2 Å². The molecule has 1 aliphatic rings. The van der Waals surface area contributed by atoms with Crippen LogP contribution in [0.25, 0.3) is 21.5 Å². The third-order valence-electron chi connectivity index (χ3n) is 6.09. The summed E-state index contributed by atoms with van der Waals surface area (Å²) in [7, 11) is 0. The summed E-state index contributed by atoms with van der Waals surface area (Å²) in [6.07, 6.45) is 0.461. The summed E-state index contributed by atoms with van der Waals surface area (Å²) >= 11 is 2.26. The molecule has 29 heavy (non-hydrogen) atoms. The van der Waals surface area contributed by atoms with Gasteiger partial charge in [-0.1, -0.05) is 67.6 Å². The van der Waals surface area contributed by atoms with E-state index in [2.05, 4.69) is 52.9 Å². The van der Waals surface area contributed by atoms with Crippen molar-refractivity contribution in [2.24, 2.45) is 5.92 Å². The molecule has 2 nitrogen and oxygen atoms in total. The molecule has 0 N–H and O–H groups in total. The van der Waals surface area contributed by atoms with E-state index >= 15 is 0 Å². The van der Waals surface area contributed by atoms with Crippen molar-refractivity contribution in [1.82, 2.24) is 0 Å². The quantitative estimate of drug-likeness (QED) is 0.187. The summed E-state index contributed by atoms with van der Waals surface area (Å²) in [6, 6.07) is 24.4. The third kappa shape index (κ3) is 2.99. The van der Waals surface area contributed by atoms with Gasteiger partial charge in [-0.3, -0.25) is 9.59 Å². The molecule has 2 atom stereocenters. The first-order valence-electron chi connectivity index (χ1n) is 9.81. The highest BCUT2D eigenvalue weighted by Crippen LogP contribution is 2.39. The second kappa shape index (κ2) is 7.06. The van der Waals surface area contributed by atoms with Gasteiger partial charge in [0, 0.05) is 15.1 Å². The molecule has 0 spiro atoms. The Kier molecular flexibility index (Phi) is 4.50. The van der Waals surface area contributed by atoms with Crippen LogP contribution >= 0.6 is 22.6 Å². The Bertz CT molecular complexity index is 1300. The summed E-state index contributed by atoms with van der Waals surface area (Å²) < 4.78 is 1.11. The van der Waals surface area contributed by atoms with Crippen molar-refractivity contribution in [3.05, 3.63) is 93.1 Å². The van der Waals surface area contributed by atoms with Crippen molar-refractivity contribution in [1.29, 1.82) is 0 Å². The largest absolute Gasteiger partial charge is 0.298 e. The van der Waals surface area contributed by atoms with Gasteiger partial charge in [0.2, 0.25) is 0 Å². The van der Waals surface area contributed by atoms with Gasteiger partial charge in [0.15, 0.2) is 11.6 Å². The monoisotopic (exact) mass is 490 g/mol. The molecule has 0 aliphatic heterocycles. The van der Waals surface area contributed by atoms with Gasteiger partial charge in [-0.25, -0.2) is 0 Å². The molecule has 0 heterocycles. The second-order valence-corrected chi connectivity index (χ2v) is 9.03. The fourth-order valence-corrected chi connectivity index (χ4v) is 5.20. The molecule has 0 aromatic heterocycles. The van der Waals surface area contributed by atoms with Crippen LogP contribution < -0.4 is 0 Å². The molecule has 0 amide bonds. The lowest BCUT2D eigenvalue weighted by Gasteiger charge is -2.28. The van der Waals surface area contributed by atoms with Gasteiger partial charge in [-0.05, 0) is 73.8 Å². The number of hydrogen-bond donors (Lipinski definition) is 0. The molecule has 142 valence electrons. The number of carbonyl (C=O) groups excluding carboxylic acids is 2. The highest BCUT2D eigenvalue weighted by atomic mass is 127. The minimum atomic E-state index is -0.618. The van der Waals surface area contributed by atoms with Gasteiger partial charge in [-0.15, -0.1) is 0 Å². The lowest BCUT2D eigenvalue weighted by molar-refractivity contribution is -0.122. The molecule has 4 aromatic rings. The van der Waals surface area contributed by atoms with E-state index in [4.69, 9.17) is 0 Å². The molecule has 5 rings (SSSR count). The van der Waals surface area contributed by atoms with E-state index in [0.717, 1.165) is 41.8 Å². The number of Topliss-reactive ketones (excluding diaryl/α,β-unsaturated/α-hetero) is 2. The van der Waals surface area contributed by atoms with E-state index in [1.54, 1.807) is 0 Å². The fourth-order valence-electron chi connectivity index (χ4n) is 4.59. The van der Waals surface area contributed by atoms with Crippen molar-refractivity contribution in [3.8, 4) is 0 Å². The molecule has 0 radical (unpaired) electrons. The van der Waals surface area contributed by atoms with Crippen molar-refractivity contribution in [2.75, 3.05) is 0 Å². The zero-order valence-electron chi connectivity index (χ0n) is 16.0. The number of ketones is 2. The topological polar surface area (TPSA) is 34.1 Å². The van der Waals surface area contributed by atoms with E-state index in [0.29, 0.717) is 6.42 Å². The number of halogens is 1. The first kappa shape index (κ1) is 18.5. The second-order valence-electron chi connectivity index (χ2n) is 7.79. The maximum Gasteiger partial charge on any atom is 0.174 e. The average Bonchev–Trinajstić information content (AvgIpc) is 2.74. The van der Waals surface area contributed by atoms with Crippen LogP contribution in [0, 0.1) is 9.49 Å².